The SMILES string of the molecule is CCCOc1cc(NC([P+]2(O)OCCO2)[P+]2(O)OCCO2)ccc1F. The number of nitrogens with one attached hydrogen (secondary N) is 1. The predicted octanol–water partition coefficient (Wildman–Crippen LogP) is 2.91. The van der Waals surface area contributed by atoms with Crippen molar-refractivity contribution in [3.8, 4) is 5.75 Å². The molecule has 2 aliphatic heterocycles. The predicted molar refractivity (Wildman–Crippen MR) is 91.7 cm³/mol. The first-order chi connectivity index (χ1) is 12.0. The number of halogens is 1. The first kappa shape index (κ1) is 19.1. The van der Waals surface area contributed by atoms with Crippen molar-refractivity contribution >= 4 is 21.6 Å². The number of hydrogen-bond acceptors (Lipinski definition) is 8. The van der Waals surface area contributed by atoms with E-state index in [0.29, 0.717) is 12.3 Å². The van der Waals surface area contributed by atoms with Gasteiger partial charge in [0.1, 0.15) is 26.4 Å². The van der Waals surface area contributed by atoms with Crippen molar-refractivity contribution in [1.29, 1.82) is 0 Å². The molecule has 2 saturated heterocycles. The van der Waals surface area contributed by atoms with E-state index in [0.717, 1.165) is 6.42 Å². The summed E-state index contributed by atoms with van der Waals surface area (Å²) in [5.41, 5.74) is -0.702. The number of hydrogen-bond donors (Lipinski definition) is 3. The van der Waals surface area contributed by atoms with Gasteiger partial charge in [0.2, 0.25) is 0 Å². The highest BCUT2D eigenvalue weighted by Crippen LogP contribution is 2.80. The Morgan fingerprint density at radius 3 is 2.20 bits per heavy atom. The van der Waals surface area contributed by atoms with Crippen molar-refractivity contribution in [2.75, 3.05) is 38.4 Å². The van der Waals surface area contributed by atoms with E-state index in [-0.39, 0.29) is 32.2 Å². The second-order valence-corrected chi connectivity index (χ2v) is 10.2. The van der Waals surface area contributed by atoms with Crippen LogP contribution < -0.4 is 10.1 Å². The van der Waals surface area contributed by atoms with Crippen LogP contribution in [0.1, 0.15) is 13.3 Å². The quantitative estimate of drug-likeness (QED) is 0.605. The van der Waals surface area contributed by atoms with Crippen molar-refractivity contribution in [3.63, 3.8) is 0 Å². The fraction of sp³-hybridized carbons (Fsp3) is 0.571. The van der Waals surface area contributed by atoms with Crippen LogP contribution in [0.5, 0.6) is 5.75 Å². The molecule has 0 spiro atoms. The van der Waals surface area contributed by atoms with Gasteiger partial charge in [-0.05, 0) is 18.6 Å². The Bertz CT molecular complexity index is 575. The number of benzene rings is 1. The van der Waals surface area contributed by atoms with Crippen molar-refractivity contribution in [2.24, 2.45) is 0 Å². The van der Waals surface area contributed by atoms with Crippen molar-refractivity contribution in [1.82, 2.24) is 0 Å². The first-order valence-electron chi connectivity index (χ1n) is 7.97. The van der Waals surface area contributed by atoms with E-state index < -0.39 is 27.2 Å². The normalized spacial score (nSPS) is 21.6. The van der Waals surface area contributed by atoms with Crippen LogP contribution in [-0.2, 0) is 18.1 Å². The zero-order chi connectivity index (χ0) is 17.9. The van der Waals surface area contributed by atoms with Gasteiger partial charge in [0, 0.05) is 11.8 Å². The molecule has 11 heteroatoms. The van der Waals surface area contributed by atoms with Crippen molar-refractivity contribution < 1.29 is 37.0 Å². The van der Waals surface area contributed by atoms with E-state index in [4.69, 9.17) is 22.8 Å². The molecule has 2 fully saturated rings. The van der Waals surface area contributed by atoms with E-state index in [1.807, 2.05) is 6.92 Å². The molecule has 0 bridgehead atoms. The van der Waals surface area contributed by atoms with Crippen LogP contribution >= 0.6 is 15.9 Å². The summed E-state index contributed by atoms with van der Waals surface area (Å²) >= 11 is 0. The van der Waals surface area contributed by atoms with Gasteiger partial charge in [-0.2, -0.15) is 27.9 Å². The minimum Gasteiger partial charge on any atom is -0.490 e. The summed E-state index contributed by atoms with van der Waals surface area (Å²) in [5.74, 6) is -0.429. The lowest BCUT2D eigenvalue weighted by Crippen LogP contribution is -2.27. The summed E-state index contributed by atoms with van der Waals surface area (Å²) in [6, 6.07) is 4.15. The Morgan fingerprint density at radius 1 is 1.12 bits per heavy atom. The smallest absolute Gasteiger partial charge is 0.483 e. The molecule has 0 aromatic heterocycles. The second-order valence-electron chi connectivity index (χ2n) is 5.47. The minimum absolute atomic E-state index is 0.0720. The van der Waals surface area contributed by atoms with Gasteiger partial charge in [-0.3, -0.25) is 0 Å². The van der Waals surface area contributed by atoms with Gasteiger partial charge < -0.3 is 10.1 Å². The molecule has 0 radical (unpaired) electrons. The molecule has 8 nitrogen and oxygen atoms in total. The van der Waals surface area contributed by atoms with Crippen LogP contribution in [0.2, 0.25) is 0 Å². The standard InChI is InChI=1S/C14H22FNO7P2/c1-2-5-19-13-10-11(3-4-12(13)15)16-14(24(17)20-6-7-21-24)25(18)22-8-9-23-25/h3-4,10,14,16-18H,2,5-9H2,1H3/q+2. The topological polar surface area (TPSA) is 98.6 Å². The van der Waals surface area contributed by atoms with Crippen LogP contribution in [-0.4, -0.2) is 48.3 Å². The number of rotatable bonds is 7. The van der Waals surface area contributed by atoms with Gasteiger partial charge in [0.25, 0.3) is 0 Å². The summed E-state index contributed by atoms with van der Waals surface area (Å²) in [5, 5.41) is 2.94. The molecule has 0 aliphatic carbocycles. The largest absolute Gasteiger partial charge is 0.490 e. The molecule has 2 aliphatic rings. The fourth-order valence-electron chi connectivity index (χ4n) is 2.44. The maximum atomic E-state index is 13.8. The highest BCUT2D eigenvalue weighted by atomic mass is 31.3. The zero-order valence-corrected chi connectivity index (χ0v) is 15.5. The van der Waals surface area contributed by atoms with Crippen LogP contribution in [0.25, 0.3) is 0 Å². The molecule has 0 atom stereocenters. The fourth-order valence-corrected chi connectivity index (χ4v) is 7.40. The monoisotopic (exact) mass is 397 g/mol. The van der Waals surface area contributed by atoms with Crippen LogP contribution in [0.15, 0.2) is 18.2 Å². The highest BCUT2D eigenvalue weighted by molar-refractivity contribution is 7.79. The molecular formula is C14H22FNO7P2+2. The third-order valence-corrected chi connectivity index (χ3v) is 9.03. The summed E-state index contributed by atoms with van der Waals surface area (Å²) in [6.45, 7) is 3.11. The van der Waals surface area contributed by atoms with Crippen molar-refractivity contribution in [3.05, 3.63) is 24.0 Å². The van der Waals surface area contributed by atoms with Gasteiger partial charge in [0.05, 0.1) is 6.61 Å². The Hall–Kier alpha value is -0.630. The number of ether oxygens (including phenoxy) is 1. The third kappa shape index (κ3) is 4.21. The third-order valence-electron chi connectivity index (χ3n) is 3.58. The summed E-state index contributed by atoms with van der Waals surface area (Å²) in [7, 11) is -6.91. The second kappa shape index (κ2) is 7.94. The summed E-state index contributed by atoms with van der Waals surface area (Å²) in [4.78, 5) is 21.4. The molecule has 0 unspecified atom stereocenters. The molecule has 3 rings (SSSR count). The molecule has 1 aromatic rings. The van der Waals surface area contributed by atoms with Crippen LogP contribution in [0, 0.1) is 5.82 Å². The molecule has 1 aromatic carbocycles. The number of anilines is 1. The minimum atomic E-state index is -3.45. The summed E-state index contributed by atoms with van der Waals surface area (Å²) < 4.78 is 40.6. The molecule has 2 heterocycles. The molecular weight excluding hydrogens is 375 g/mol. The van der Waals surface area contributed by atoms with E-state index >= 15 is 0 Å². The van der Waals surface area contributed by atoms with E-state index in [1.165, 1.54) is 18.2 Å². The maximum Gasteiger partial charge on any atom is 0.483 e. The highest BCUT2D eigenvalue weighted by Gasteiger charge is 2.74. The Kier molecular flexibility index (Phi) is 6.08. The molecule has 0 amide bonds. The van der Waals surface area contributed by atoms with Crippen LogP contribution in [0.4, 0.5) is 10.1 Å². The van der Waals surface area contributed by atoms with Crippen LogP contribution in [0.3, 0.4) is 0 Å². The Morgan fingerprint density at radius 2 is 1.68 bits per heavy atom. The van der Waals surface area contributed by atoms with Gasteiger partial charge in [-0.25, -0.2) is 4.39 Å². The van der Waals surface area contributed by atoms with E-state index in [9.17, 15) is 14.2 Å². The Balaban J connectivity index is 1.85. The first-order valence-corrected chi connectivity index (χ1v) is 11.3. The summed E-state index contributed by atoms with van der Waals surface area (Å²) in [6.07, 6.45) is 0.736. The Labute approximate surface area is 146 Å². The van der Waals surface area contributed by atoms with E-state index in [2.05, 4.69) is 5.32 Å². The molecule has 140 valence electrons. The molecule has 0 saturated carbocycles. The average Bonchev–Trinajstić information content (AvgIpc) is 3.22. The zero-order valence-electron chi connectivity index (χ0n) is 13.8. The van der Waals surface area contributed by atoms with Crippen molar-refractivity contribution in [2.45, 2.75) is 18.9 Å². The average molecular weight is 397 g/mol. The van der Waals surface area contributed by atoms with E-state index in [1.54, 1.807) is 0 Å². The van der Waals surface area contributed by atoms with Gasteiger partial charge >= 0.3 is 21.4 Å². The van der Waals surface area contributed by atoms with Gasteiger partial charge in [-0.1, -0.05) is 6.92 Å². The molecule has 25 heavy (non-hydrogen) atoms. The lowest BCUT2D eigenvalue weighted by molar-refractivity contribution is 0.279. The maximum absolute atomic E-state index is 13.8. The van der Waals surface area contributed by atoms with Gasteiger partial charge in [0.15, 0.2) is 11.6 Å². The lowest BCUT2D eigenvalue weighted by atomic mass is 10.3. The molecule has 3 N–H and O–H groups in total. The van der Waals surface area contributed by atoms with Gasteiger partial charge in [-0.15, -0.1) is 0 Å². The lowest BCUT2D eigenvalue weighted by Gasteiger charge is -2.23.